The summed E-state index contributed by atoms with van der Waals surface area (Å²) >= 11 is 0. The molecule has 0 aliphatic heterocycles. The topological polar surface area (TPSA) is 213 Å². The van der Waals surface area contributed by atoms with E-state index in [4.69, 9.17) is 15.7 Å². The standard InChI is InChI=1S/C27H27N5O4.CH4O3S/c1-15(2)12-13-30-25(33)18-7-11-20(22(14-18)27(35)36)21-10-4-16(3)31-23(21)26(34)32-19-8-5-17(6-9-19)24(28)29;1-5(2,3)4/h4-12,14H,13H2,1-3H3,(H3,28,29)(H,30,33)(H,32,34)(H,35,36);1H3,(H,2,3,4). The van der Waals surface area contributed by atoms with Gasteiger partial charge in [-0.25, -0.2) is 9.78 Å². The first kappa shape index (κ1) is 32.3. The van der Waals surface area contributed by atoms with Crippen LogP contribution in [-0.2, 0) is 10.1 Å². The van der Waals surface area contributed by atoms with E-state index in [1.54, 1.807) is 43.3 Å². The fourth-order valence-electron chi connectivity index (χ4n) is 3.42. The number of carboxylic acid groups (broad SMARTS) is 1. The summed E-state index contributed by atoms with van der Waals surface area (Å²) in [4.78, 5) is 42.1. The van der Waals surface area contributed by atoms with E-state index in [0.717, 1.165) is 5.57 Å². The number of anilines is 1. The van der Waals surface area contributed by atoms with E-state index in [-0.39, 0.29) is 28.2 Å². The monoisotopic (exact) mass is 581 g/mol. The number of nitrogen functional groups attached to an aromatic ring is 1. The van der Waals surface area contributed by atoms with Gasteiger partial charge in [-0.2, -0.15) is 8.42 Å². The number of carbonyl (C=O) groups excluding carboxylic acids is 2. The van der Waals surface area contributed by atoms with Crippen molar-refractivity contribution in [1.82, 2.24) is 10.3 Å². The maximum Gasteiger partial charge on any atom is 0.336 e. The summed E-state index contributed by atoms with van der Waals surface area (Å²) in [6, 6.07) is 14.0. The van der Waals surface area contributed by atoms with E-state index in [1.165, 1.54) is 18.2 Å². The first-order chi connectivity index (χ1) is 19.1. The third-order valence-electron chi connectivity index (χ3n) is 5.28. The second-order valence-corrected chi connectivity index (χ2v) is 10.6. The van der Waals surface area contributed by atoms with Gasteiger partial charge >= 0.3 is 5.97 Å². The summed E-state index contributed by atoms with van der Waals surface area (Å²) in [7, 11) is -3.67. The third kappa shape index (κ3) is 10.3. The quantitative estimate of drug-likeness (QED) is 0.0992. The molecule has 1 heterocycles. The maximum atomic E-state index is 13.2. The highest BCUT2D eigenvalue weighted by molar-refractivity contribution is 7.85. The molecular weight excluding hydrogens is 550 g/mol. The number of carbonyl (C=O) groups is 3. The predicted molar refractivity (Wildman–Crippen MR) is 156 cm³/mol. The number of aryl methyl sites for hydroxylation is 1. The molecule has 0 aliphatic rings. The van der Waals surface area contributed by atoms with Crippen LogP contribution in [0.3, 0.4) is 0 Å². The van der Waals surface area contributed by atoms with E-state index in [0.29, 0.717) is 35.3 Å². The van der Waals surface area contributed by atoms with Gasteiger partial charge in [0.1, 0.15) is 11.5 Å². The molecule has 0 fully saturated rings. The van der Waals surface area contributed by atoms with Gasteiger partial charge in [-0.05, 0) is 68.8 Å². The minimum atomic E-state index is -3.67. The highest BCUT2D eigenvalue weighted by atomic mass is 32.2. The molecular formula is C28H31N5O7S. The number of aromatic nitrogens is 1. The number of hydrogen-bond donors (Lipinski definition) is 6. The Kier molecular flexibility index (Phi) is 11.0. The Morgan fingerprint density at radius 1 is 0.976 bits per heavy atom. The number of amidine groups is 1. The molecule has 7 N–H and O–H groups in total. The predicted octanol–water partition coefficient (Wildman–Crippen LogP) is 3.49. The number of aromatic carboxylic acids is 1. The van der Waals surface area contributed by atoms with Gasteiger partial charge in [0, 0.05) is 34.6 Å². The van der Waals surface area contributed by atoms with Gasteiger partial charge in [-0.15, -0.1) is 0 Å². The van der Waals surface area contributed by atoms with Crippen molar-refractivity contribution < 1.29 is 32.5 Å². The molecule has 3 aromatic rings. The van der Waals surface area contributed by atoms with Crippen molar-refractivity contribution in [2.24, 2.45) is 5.73 Å². The Labute approximate surface area is 237 Å². The van der Waals surface area contributed by atoms with Crippen molar-refractivity contribution in [3.63, 3.8) is 0 Å². The minimum Gasteiger partial charge on any atom is -0.478 e. The highest BCUT2D eigenvalue weighted by Crippen LogP contribution is 2.29. The van der Waals surface area contributed by atoms with Crippen molar-refractivity contribution in [1.29, 1.82) is 5.41 Å². The Morgan fingerprint density at radius 3 is 2.07 bits per heavy atom. The van der Waals surface area contributed by atoms with Gasteiger partial charge in [0.25, 0.3) is 21.9 Å². The molecule has 3 rings (SSSR count). The smallest absolute Gasteiger partial charge is 0.336 e. The fourth-order valence-corrected chi connectivity index (χ4v) is 3.42. The number of nitrogens with one attached hydrogen (secondary N) is 3. The van der Waals surface area contributed by atoms with Crippen LogP contribution in [0.25, 0.3) is 11.1 Å². The number of allylic oxidation sites excluding steroid dienone is 1. The zero-order valence-corrected chi connectivity index (χ0v) is 23.7. The molecule has 2 amide bonds. The second kappa shape index (κ2) is 14.0. The van der Waals surface area contributed by atoms with Crippen LogP contribution < -0.4 is 16.4 Å². The molecule has 12 nitrogen and oxygen atoms in total. The zero-order chi connectivity index (χ0) is 30.9. The van der Waals surface area contributed by atoms with Crippen molar-refractivity contribution in [2.75, 3.05) is 18.1 Å². The molecule has 41 heavy (non-hydrogen) atoms. The Bertz CT molecular complexity index is 1600. The van der Waals surface area contributed by atoms with Crippen LogP contribution in [-0.4, -0.2) is 59.5 Å². The number of nitrogens with two attached hydrogens (primary N) is 1. The summed E-state index contributed by atoms with van der Waals surface area (Å²) in [6.45, 7) is 5.87. The summed E-state index contributed by atoms with van der Waals surface area (Å²) in [5.41, 5.74) is 8.73. The molecule has 0 spiro atoms. The Hall–Kier alpha value is -4.88. The lowest BCUT2D eigenvalue weighted by Crippen LogP contribution is -2.24. The van der Waals surface area contributed by atoms with Crippen LogP contribution in [0.2, 0.25) is 0 Å². The molecule has 0 saturated carbocycles. The summed E-state index contributed by atoms with van der Waals surface area (Å²) in [5, 5.41) is 22.8. The summed E-state index contributed by atoms with van der Waals surface area (Å²) < 4.78 is 25.9. The normalized spacial score (nSPS) is 10.5. The lowest BCUT2D eigenvalue weighted by Gasteiger charge is -2.14. The maximum absolute atomic E-state index is 13.2. The first-order valence-corrected chi connectivity index (χ1v) is 13.9. The number of benzene rings is 2. The molecule has 0 bridgehead atoms. The van der Waals surface area contributed by atoms with E-state index < -0.39 is 27.9 Å². The van der Waals surface area contributed by atoms with Crippen molar-refractivity contribution in [3.05, 3.63) is 94.3 Å². The molecule has 13 heteroatoms. The summed E-state index contributed by atoms with van der Waals surface area (Å²) in [6.07, 6.45) is 2.56. The SMILES string of the molecule is CC(C)=CCNC(=O)c1ccc(-c2ccc(C)nc2C(=O)Nc2ccc(C(=N)N)cc2)c(C(=O)O)c1.CS(=O)(=O)O. The van der Waals surface area contributed by atoms with Crippen molar-refractivity contribution in [3.8, 4) is 11.1 Å². The molecule has 0 unspecified atom stereocenters. The third-order valence-corrected chi connectivity index (χ3v) is 5.28. The molecule has 2 aromatic carbocycles. The van der Waals surface area contributed by atoms with Gasteiger partial charge in [-0.1, -0.05) is 23.8 Å². The van der Waals surface area contributed by atoms with Gasteiger partial charge < -0.3 is 21.5 Å². The number of amides is 2. The molecule has 1 aromatic heterocycles. The Balaban J connectivity index is 0.00000108. The largest absolute Gasteiger partial charge is 0.478 e. The second-order valence-electron chi connectivity index (χ2n) is 9.08. The number of hydrogen-bond acceptors (Lipinski definition) is 7. The molecule has 0 aliphatic carbocycles. The Morgan fingerprint density at radius 2 is 1.54 bits per heavy atom. The average Bonchev–Trinajstić information content (AvgIpc) is 2.87. The highest BCUT2D eigenvalue weighted by Gasteiger charge is 2.21. The lowest BCUT2D eigenvalue weighted by atomic mass is 9.95. The first-order valence-electron chi connectivity index (χ1n) is 12.0. The fraction of sp³-hybridized carbons (Fsp3) is 0.179. The number of nitrogens with zero attached hydrogens (tertiary/aromatic N) is 1. The zero-order valence-electron chi connectivity index (χ0n) is 22.8. The van der Waals surface area contributed by atoms with Gasteiger partial charge in [0.05, 0.1) is 11.8 Å². The van der Waals surface area contributed by atoms with Crippen LogP contribution in [0.1, 0.15) is 56.3 Å². The summed E-state index contributed by atoms with van der Waals surface area (Å²) in [5.74, 6) is -2.28. The molecule has 0 radical (unpaired) electrons. The lowest BCUT2D eigenvalue weighted by molar-refractivity contribution is 0.0697. The van der Waals surface area contributed by atoms with Crippen LogP contribution in [0, 0.1) is 12.3 Å². The van der Waals surface area contributed by atoms with Gasteiger partial charge in [0.2, 0.25) is 0 Å². The average molecular weight is 582 g/mol. The molecule has 216 valence electrons. The van der Waals surface area contributed by atoms with Crippen LogP contribution in [0.4, 0.5) is 5.69 Å². The molecule has 0 atom stereocenters. The number of carboxylic acids is 1. The van der Waals surface area contributed by atoms with E-state index in [1.807, 2.05) is 19.9 Å². The van der Waals surface area contributed by atoms with Gasteiger partial charge in [0.15, 0.2) is 0 Å². The van der Waals surface area contributed by atoms with E-state index in [9.17, 15) is 27.9 Å². The van der Waals surface area contributed by atoms with Crippen LogP contribution in [0.15, 0.2) is 66.2 Å². The molecule has 0 saturated heterocycles. The van der Waals surface area contributed by atoms with Crippen LogP contribution >= 0.6 is 0 Å². The van der Waals surface area contributed by atoms with Crippen molar-refractivity contribution in [2.45, 2.75) is 20.8 Å². The van der Waals surface area contributed by atoms with Gasteiger partial charge in [-0.3, -0.25) is 19.6 Å². The van der Waals surface area contributed by atoms with E-state index >= 15 is 0 Å². The van der Waals surface area contributed by atoms with Crippen LogP contribution in [0.5, 0.6) is 0 Å². The van der Waals surface area contributed by atoms with Crippen molar-refractivity contribution >= 4 is 39.4 Å². The minimum absolute atomic E-state index is 0.0360. The van der Waals surface area contributed by atoms with E-state index in [2.05, 4.69) is 15.6 Å². The number of pyridine rings is 1. The number of rotatable bonds is 8.